The molecule has 1 saturated heterocycles. The van der Waals surface area contributed by atoms with E-state index in [2.05, 4.69) is 53.1 Å². The average Bonchev–Trinajstić information content (AvgIpc) is 3.03. The zero-order valence-electron chi connectivity index (χ0n) is 16.4. The number of carbonyl (C=O) groups excluding carboxylic acids is 1. The molecule has 26 heavy (non-hydrogen) atoms. The number of amides is 1. The molecule has 1 amide bonds. The van der Waals surface area contributed by atoms with Crippen molar-refractivity contribution in [1.29, 1.82) is 0 Å². The Hall–Kier alpha value is -1.96. The van der Waals surface area contributed by atoms with Crippen molar-refractivity contribution in [3.63, 3.8) is 0 Å². The van der Waals surface area contributed by atoms with Gasteiger partial charge in [-0.05, 0) is 18.3 Å². The summed E-state index contributed by atoms with van der Waals surface area (Å²) in [5.41, 5.74) is 0. The Morgan fingerprint density at radius 1 is 1.46 bits per heavy atom. The lowest BCUT2D eigenvalue weighted by Gasteiger charge is -2.38. The van der Waals surface area contributed by atoms with Crippen LogP contribution in [0.3, 0.4) is 0 Å². The van der Waals surface area contributed by atoms with Gasteiger partial charge in [0.1, 0.15) is 11.6 Å². The molecule has 1 fully saturated rings. The molecular formula is C18H33N5O3. The topological polar surface area (TPSA) is 111 Å². The molecule has 3 N–H and O–H groups in total. The number of carboxylic acid groups (broad SMARTS) is 1. The van der Waals surface area contributed by atoms with Crippen LogP contribution < -0.4 is 5.32 Å². The number of carbonyl (C=O) groups is 2. The summed E-state index contributed by atoms with van der Waals surface area (Å²) in [6, 6.07) is 0.309. The third-order valence-corrected chi connectivity index (χ3v) is 4.55. The number of piperidine rings is 1. The maximum absolute atomic E-state index is 12.0. The van der Waals surface area contributed by atoms with Gasteiger partial charge in [0.25, 0.3) is 6.47 Å². The van der Waals surface area contributed by atoms with Crippen LogP contribution in [0.25, 0.3) is 0 Å². The molecule has 1 aromatic rings. The van der Waals surface area contributed by atoms with Crippen LogP contribution in [0.15, 0.2) is 0 Å². The maximum atomic E-state index is 12.0. The number of hydrogen-bond acceptors (Lipinski definition) is 5. The van der Waals surface area contributed by atoms with Crippen molar-refractivity contribution in [3.05, 3.63) is 11.6 Å². The summed E-state index contributed by atoms with van der Waals surface area (Å²) in [6.45, 7) is 11.0. The number of hydrogen-bond donors (Lipinski definition) is 3. The average molecular weight is 367 g/mol. The molecule has 0 aliphatic carbocycles. The molecule has 0 saturated carbocycles. The first-order chi connectivity index (χ1) is 12.4. The van der Waals surface area contributed by atoms with E-state index in [0.717, 1.165) is 50.5 Å². The highest BCUT2D eigenvalue weighted by atomic mass is 16.3. The fraction of sp³-hybridized carbons (Fsp3) is 0.778. The SMILES string of the molecule is CCc1n[nH]c(CN2CC[C@H](NC(=O)CC(C)C)[C@H](CC)C2)n1.O=CO. The molecular weight excluding hydrogens is 334 g/mol. The van der Waals surface area contributed by atoms with E-state index in [4.69, 9.17) is 9.90 Å². The van der Waals surface area contributed by atoms with Gasteiger partial charge in [0.2, 0.25) is 5.91 Å². The van der Waals surface area contributed by atoms with Crippen LogP contribution in [0.5, 0.6) is 0 Å². The fourth-order valence-corrected chi connectivity index (χ4v) is 3.27. The summed E-state index contributed by atoms with van der Waals surface area (Å²) in [6.07, 6.45) is 3.57. The van der Waals surface area contributed by atoms with Crippen molar-refractivity contribution < 1.29 is 14.7 Å². The van der Waals surface area contributed by atoms with Gasteiger partial charge in [-0.15, -0.1) is 0 Å². The first kappa shape index (κ1) is 22.1. The number of rotatable bonds is 7. The number of nitrogens with zero attached hydrogens (tertiary/aromatic N) is 3. The van der Waals surface area contributed by atoms with Crippen LogP contribution >= 0.6 is 0 Å². The Bertz CT molecular complexity index is 547. The molecule has 0 spiro atoms. The van der Waals surface area contributed by atoms with E-state index in [0.29, 0.717) is 24.3 Å². The van der Waals surface area contributed by atoms with Crippen LogP contribution in [0.1, 0.15) is 58.6 Å². The third-order valence-electron chi connectivity index (χ3n) is 4.55. The predicted molar refractivity (Wildman–Crippen MR) is 99.5 cm³/mol. The largest absolute Gasteiger partial charge is 0.483 e. The number of aromatic amines is 1. The van der Waals surface area contributed by atoms with Gasteiger partial charge in [0, 0.05) is 32.0 Å². The highest BCUT2D eigenvalue weighted by Crippen LogP contribution is 2.21. The summed E-state index contributed by atoms with van der Waals surface area (Å²) >= 11 is 0. The van der Waals surface area contributed by atoms with E-state index in [9.17, 15) is 4.79 Å². The Labute approximate surface area is 155 Å². The number of likely N-dealkylation sites (tertiary alicyclic amines) is 1. The zero-order chi connectivity index (χ0) is 19.5. The second-order valence-corrected chi connectivity index (χ2v) is 7.12. The normalized spacial score (nSPS) is 20.3. The smallest absolute Gasteiger partial charge is 0.290 e. The van der Waals surface area contributed by atoms with Crippen molar-refractivity contribution in [2.45, 2.75) is 66.0 Å². The van der Waals surface area contributed by atoms with Gasteiger partial charge in [0.15, 0.2) is 0 Å². The summed E-state index contributed by atoms with van der Waals surface area (Å²) in [4.78, 5) is 27.3. The van der Waals surface area contributed by atoms with Crippen LogP contribution in [0.4, 0.5) is 0 Å². The van der Waals surface area contributed by atoms with Gasteiger partial charge >= 0.3 is 0 Å². The molecule has 0 bridgehead atoms. The van der Waals surface area contributed by atoms with Gasteiger partial charge in [-0.3, -0.25) is 19.6 Å². The van der Waals surface area contributed by atoms with Crippen LogP contribution in [0, 0.1) is 11.8 Å². The van der Waals surface area contributed by atoms with E-state index >= 15 is 0 Å². The Morgan fingerprint density at radius 2 is 2.15 bits per heavy atom. The maximum Gasteiger partial charge on any atom is 0.290 e. The molecule has 2 atom stereocenters. The fourth-order valence-electron chi connectivity index (χ4n) is 3.27. The number of nitrogens with one attached hydrogen (secondary N) is 2. The zero-order valence-corrected chi connectivity index (χ0v) is 16.4. The lowest BCUT2D eigenvalue weighted by molar-refractivity contribution is -0.124. The lowest BCUT2D eigenvalue weighted by Crippen LogP contribution is -2.50. The molecule has 1 aliphatic heterocycles. The predicted octanol–water partition coefficient (Wildman–Crippen LogP) is 1.83. The first-order valence-electron chi connectivity index (χ1n) is 9.43. The van der Waals surface area contributed by atoms with Gasteiger partial charge in [-0.2, -0.15) is 5.10 Å². The molecule has 0 unspecified atom stereocenters. The monoisotopic (exact) mass is 367 g/mol. The molecule has 1 aliphatic rings. The highest BCUT2D eigenvalue weighted by Gasteiger charge is 2.29. The quantitative estimate of drug-likeness (QED) is 0.634. The van der Waals surface area contributed by atoms with Crippen molar-refractivity contribution in [2.75, 3.05) is 13.1 Å². The summed E-state index contributed by atoms with van der Waals surface area (Å²) < 4.78 is 0. The van der Waals surface area contributed by atoms with Crippen molar-refractivity contribution >= 4 is 12.4 Å². The van der Waals surface area contributed by atoms with Crippen molar-refractivity contribution in [2.24, 2.45) is 11.8 Å². The molecule has 8 heteroatoms. The second-order valence-electron chi connectivity index (χ2n) is 7.12. The van der Waals surface area contributed by atoms with Gasteiger partial charge in [0.05, 0.1) is 6.54 Å². The number of aryl methyl sites for hydroxylation is 1. The minimum absolute atomic E-state index is 0.194. The number of aromatic nitrogens is 3. The molecule has 148 valence electrons. The van der Waals surface area contributed by atoms with E-state index in [1.54, 1.807) is 0 Å². The second kappa shape index (κ2) is 11.6. The standard InChI is InChI=1S/C17H31N5O.CH2O2/c1-5-13-10-22(11-16-19-15(6-2)20-21-16)8-7-14(13)18-17(23)9-12(3)4;2-1-3/h12-14H,5-11H2,1-4H3,(H,18,23)(H,19,20,21);1H,(H,2,3)/t13-,14+;/m1./s1. The van der Waals surface area contributed by atoms with E-state index in [-0.39, 0.29) is 12.4 Å². The number of H-pyrrole nitrogens is 1. The van der Waals surface area contributed by atoms with E-state index < -0.39 is 0 Å². The minimum Gasteiger partial charge on any atom is -0.483 e. The van der Waals surface area contributed by atoms with E-state index in [1.807, 2.05) is 0 Å². The third kappa shape index (κ3) is 7.51. The Kier molecular flexibility index (Phi) is 9.87. The molecule has 2 heterocycles. The molecule has 1 aromatic heterocycles. The van der Waals surface area contributed by atoms with Crippen LogP contribution in [-0.4, -0.2) is 56.7 Å². The molecule has 0 aromatic carbocycles. The van der Waals surface area contributed by atoms with E-state index in [1.165, 1.54) is 0 Å². The summed E-state index contributed by atoms with van der Waals surface area (Å²) in [5.74, 6) is 2.93. The molecule has 2 rings (SSSR count). The molecule has 0 radical (unpaired) electrons. The summed E-state index contributed by atoms with van der Waals surface area (Å²) in [7, 11) is 0. The van der Waals surface area contributed by atoms with Crippen molar-refractivity contribution in [1.82, 2.24) is 25.4 Å². The van der Waals surface area contributed by atoms with Crippen LogP contribution in [-0.2, 0) is 22.6 Å². The Morgan fingerprint density at radius 3 is 2.69 bits per heavy atom. The van der Waals surface area contributed by atoms with Gasteiger partial charge in [-0.25, -0.2) is 4.98 Å². The summed E-state index contributed by atoms with van der Waals surface area (Å²) in [5, 5.41) is 17.4. The van der Waals surface area contributed by atoms with Gasteiger partial charge in [-0.1, -0.05) is 34.1 Å². The van der Waals surface area contributed by atoms with Crippen LogP contribution in [0.2, 0.25) is 0 Å². The minimum atomic E-state index is -0.250. The van der Waals surface area contributed by atoms with Gasteiger partial charge < -0.3 is 10.4 Å². The highest BCUT2D eigenvalue weighted by molar-refractivity contribution is 5.76. The molecule has 8 nitrogen and oxygen atoms in total. The van der Waals surface area contributed by atoms with Crippen molar-refractivity contribution in [3.8, 4) is 0 Å². The first-order valence-corrected chi connectivity index (χ1v) is 9.43. The Balaban J connectivity index is 0.00000105. The lowest BCUT2D eigenvalue weighted by atomic mass is 9.89.